The van der Waals surface area contributed by atoms with Crippen LogP contribution in [-0.2, 0) is 0 Å². The average molecular weight is 227 g/mol. The van der Waals surface area contributed by atoms with Gasteiger partial charge in [-0.2, -0.15) is 11.8 Å². The number of benzene rings is 1. The van der Waals surface area contributed by atoms with Crippen LogP contribution >= 0.6 is 11.8 Å². The molecule has 0 bridgehead atoms. The molecule has 0 aliphatic carbocycles. The molecule has 0 aliphatic heterocycles. The number of nitrogens with two attached hydrogens (primary N) is 1. The van der Waals surface area contributed by atoms with Crippen LogP contribution in [0.15, 0.2) is 24.3 Å². The Kier molecular flexibility index (Phi) is 5.73. The van der Waals surface area contributed by atoms with Crippen molar-refractivity contribution in [2.45, 2.75) is 25.8 Å². The van der Waals surface area contributed by atoms with Crippen molar-refractivity contribution in [3.05, 3.63) is 35.6 Å². The highest BCUT2D eigenvalue weighted by Gasteiger charge is 2.06. The van der Waals surface area contributed by atoms with Gasteiger partial charge in [0.25, 0.3) is 0 Å². The Morgan fingerprint density at radius 3 is 2.93 bits per heavy atom. The number of thioether (sulfide) groups is 1. The molecule has 0 fully saturated rings. The molecule has 0 spiro atoms. The molecule has 3 heteroatoms. The van der Waals surface area contributed by atoms with Crippen molar-refractivity contribution in [3.63, 3.8) is 0 Å². The van der Waals surface area contributed by atoms with E-state index >= 15 is 0 Å². The number of rotatable bonds is 6. The third kappa shape index (κ3) is 4.67. The van der Waals surface area contributed by atoms with Crippen molar-refractivity contribution in [1.82, 2.24) is 0 Å². The van der Waals surface area contributed by atoms with Crippen LogP contribution in [0.2, 0.25) is 0 Å². The van der Waals surface area contributed by atoms with Gasteiger partial charge in [0, 0.05) is 11.8 Å². The largest absolute Gasteiger partial charge is 0.323 e. The molecule has 15 heavy (non-hydrogen) atoms. The highest BCUT2D eigenvalue weighted by atomic mass is 32.2. The maximum Gasteiger partial charge on any atom is 0.123 e. The van der Waals surface area contributed by atoms with Crippen LogP contribution in [0, 0.1) is 5.82 Å². The zero-order valence-corrected chi connectivity index (χ0v) is 9.90. The van der Waals surface area contributed by atoms with Crippen molar-refractivity contribution in [2.24, 2.45) is 5.73 Å². The summed E-state index contributed by atoms with van der Waals surface area (Å²) in [6.45, 7) is 2.17. The van der Waals surface area contributed by atoms with Crippen LogP contribution in [-0.4, -0.2) is 11.5 Å². The number of hydrogen-bond donors (Lipinski definition) is 1. The molecule has 0 heterocycles. The normalized spacial score (nSPS) is 12.7. The standard InChI is InChI=1S/C12H18FNS/c1-2-3-7-15-9-12(14)10-5-4-6-11(13)8-10/h4-6,8,12H,2-3,7,9,14H2,1H3. The van der Waals surface area contributed by atoms with Gasteiger partial charge in [-0.15, -0.1) is 0 Å². The summed E-state index contributed by atoms with van der Waals surface area (Å²) in [6.07, 6.45) is 2.43. The van der Waals surface area contributed by atoms with Crippen LogP contribution < -0.4 is 5.73 Å². The van der Waals surface area contributed by atoms with E-state index in [2.05, 4.69) is 6.92 Å². The molecule has 1 aromatic carbocycles. The lowest BCUT2D eigenvalue weighted by atomic mass is 10.1. The second kappa shape index (κ2) is 6.85. The Morgan fingerprint density at radius 2 is 2.27 bits per heavy atom. The molecule has 1 rings (SSSR count). The van der Waals surface area contributed by atoms with Crippen LogP contribution in [0.25, 0.3) is 0 Å². The molecule has 0 saturated heterocycles. The van der Waals surface area contributed by atoms with E-state index in [1.807, 2.05) is 17.8 Å². The fourth-order valence-corrected chi connectivity index (χ4v) is 2.40. The molecule has 0 radical (unpaired) electrons. The van der Waals surface area contributed by atoms with Gasteiger partial charge in [0.05, 0.1) is 0 Å². The SMILES string of the molecule is CCCCSCC(N)c1cccc(F)c1. The van der Waals surface area contributed by atoms with Gasteiger partial charge in [-0.25, -0.2) is 4.39 Å². The van der Waals surface area contributed by atoms with Crippen molar-refractivity contribution in [2.75, 3.05) is 11.5 Å². The van der Waals surface area contributed by atoms with Gasteiger partial charge >= 0.3 is 0 Å². The van der Waals surface area contributed by atoms with Gasteiger partial charge in [0.1, 0.15) is 5.82 Å². The van der Waals surface area contributed by atoms with Crippen LogP contribution in [0.5, 0.6) is 0 Å². The minimum atomic E-state index is -0.207. The molecule has 2 N–H and O–H groups in total. The third-order valence-electron chi connectivity index (χ3n) is 2.22. The fraction of sp³-hybridized carbons (Fsp3) is 0.500. The molecule has 1 unspecified atom stereocenters. The lowest BCUT2D eigenvalue weighted by Gasteiger charge is -2.11. The lowest BCUT2D eigenvalue weighted by Crippen LogP contribution is -2.13. The zero-order valence-electron chi connectivity index (χ0n) is 9.08. The molecule has 1 aromatic rings. The van der Waals surface area contributed by atoms with E-state index in [9.17, 15) is 4.39 Å². The van der Waals surface area contributed by atoms with E-state index in [0.29, 0.717) is 0 Å². The molecular weight excluding hydrogens is 209 g/mol. The second-order valence-electron chi connectivity index (χ2n) is 3.59. The van der Waals surface area contributed by atoms with E-state index in [4.69, 9.17) is 5.73 Å². The molecule has 1 atom stereocenters. The van der Waals surface area contributed by atoms with Crippen molar-refractivity contribution in [1.29, 1.82) is 0 Å². The Bertz CT molecular complexity index is 291. The summed E-state index contributed by atoms with van der Waals surface area (Å²) in [5, 5.41) is 0. The van der Waals surface area contributed by atoms with Gasteiger partial charge < -0.3 is 5.73 Å². The molecule has 1 nitrogen and oxygen atoms in total. The molecular formula is C12H18FNS. The summed E-state index contributed by atoms with van der Waals surface area (Å²) in [4.78, 5) is 0. The third-order valence-corrected chi connectivity index (χ3v) is 3.39. The Morgan fingerprint density at radius 1 is 1.47 bits per heavy atom. The number of halogens is 1. The number of unbranched alkanes of at least 4 members (excludes halogenated alkanes) is 1. The van der Waals surface area contributed by atoms with Gasteiger partial charge in [-0.1, -0.05) is 25.5 Å². The molecule has 0 aliphatic rings. The van der Waals surface area contributed by atoms with Crippen molar-refractivity contribution >= 4 is 11.8 Å². The van der Waals surface area contributed by atoms with Crippen molar-refractivity contribution < 1.29 is 4.39 Å². The summed E-state index contributed by atoms with van der Waals surface area (Å²) in [5.41, 5.74) is 6.85. The zero-order chi connectivity index (χ0) is 11.1. The first-order valence-electron chi connectivity index (χ1n) is 5.33. The van der Waals surface area contributed by atoms with Crippen molar-refractivity contribution in [3.8, 4) is 0 Å². The Labute approximate surface area is 95.2 Å². The smallest absolute Gasteiger partial charge is 0.123 e. The van der Waals surface area contributed by atoms with Crippen LogP contribution in [0.3, 0.4) is 0 Å². The van der Waals surface area contributed by atoms with E-state index in [1.165, 1.54) is 25.0 Å². The minimum absolute atomic E-state index is 0.0532. The van der Waals surface area contributed by atoms with E-state index < -0.39 is 0 Å². The molecule has 0 saturated carbocycles. The minimum Gasteiger partial charge on any atom is -0.323 e. The summed E-state index contributed by atoms with van der Waals surface area (Å²) in [7, 11) is 0. The summed E-state index contributed by atoms with van der Waals surface area (Å²) >= 11 is 1.84. The summed E-state index contributed by atoms with van der Waals surface area (Å²) in [6, 6.07) is 6.50. The Hall–Kier alpha value is -0.540. The van der Waals surface area contributed by atoms with Crippen LogP contribution in [0.1, 0.15) is 31.4 Å². The van der Waals surface area contributed by atoms with E-state index in [0.717, 1.165) is 17.1 Å². The molecule has 0 amide bonds. The highest BCUT2D eigenvalue weighted by Crippen LogP contribution is 2.17. The van der Waals surface area contributed by atoms with Gasteiger partial charge in [0.2, 0.25) is 0 Å². The van der Waals surface area contributed by atoms with E-state index in [1.54, 1.807) is 6.07 Å². The first-order valence-corrected chi connectivity index (χ1v) is 6.48. The predicted molar refractivity (Wildman–Crippen MR) is 65.6 cm³/mol. The average Bonchev–Trinajstić information content (AvgIpc) is 2.24. The van der Waals surface area contributed by atoms with Gasteiger partial charge in [-0.3, -0.25) is 0 Å². The monoisotopic (exact) mass is 227 g/mol. The quantitative estimate of drug-likeness (QED) is 0.754. The van der Waals surface area contributed by atoms with Crippen LogP contribution in [0.4, 0.5) is 4.39 Å². The first-order chi connectivity index (χ1) is 7.24. The van der Waals surface area contributed by atoms with E-state index in [-0.39, 0.29) is 11.9 Å². The highest BCUT2D eigenvalue weighted by molar-refractivity contribution is 7.99. The molecule has 0 aromatic heterocycles. The van der Waals surface area contributed by atoms with Gasteiger partial charge in [0.15, 0.2) is 0 Å². The maximum absolute atomic E-state index is 12.9. The lowest BCUT2D eigenvalue weighted by molar-refractivity contribution is 0.622. The number of hydrogen-bond acceptors (Lipinski definition) is 2. The maximum atomic E-state index is 12.9. The Balaban J connectivity index is 2.36. The summed E-state index contributed by atoms with van der Waals surface area (Å²) < 4.78 is 12.9. The van der Waals surface area contributed by atoms with Gasteiger partial charge in [-0.05, 0) is 29.9 Å². The molecule has 84 valence electrons. The fourth-order valence-electron chi connectivity index (χ4n) is 1.29. The first kappa shape index (κ1) is 12.5. The topological polar surface area (TPSA) is 26.0 Å². The summed E-state index contributed by atoms with van der Waals surface area (Å²) in [5.74, 6) is 1.80. The predicted octanol–water partition coefficient (Wildman–Crippen LogP) is 3.36. The second-order valence-corrected chi connectivity index (χ2v) is 4.74.